The van der Waals surface area contributed by atoms with Crippen molar-refractivity contribution in [2.75, 3.05) is 60.4 Å². The lowest BCUT2D eigenvalue weighted by molar-refractivity contribution is -0.129. The molecule has 3 aliphatic heterocycles. The predicted molar refractivity (Wildman–Crippen MR) is 176 cm³/mol. The highest BCUT2D eigenvalue weighted by Gasteiger charge is 2.43. The van der Waals surface area contributed by atoms with Crippen molar-refractivity contribution >= 4 is 49.9 Å². The highest BCUT2D eigenvalue weighted by molar-refractivity contribution is 7.90. The number of likely N-dealkylation sites (tertiary alicyclic amines) is 1. The van der Waals surface area contributed by atoms with Crippen LogP contribution in [0.1, 0.15) is 38.7 Å². The van der Waals surface area contributed by atoms with E-state index in [0.29, 0.717) is 43.6 Å². The quantitative estimate of drug-likeness (QED) is 0.340. The maximum absolute atomic E-state index is 14.6. The van der Waals surface area contributed by atoms with E-state index in [1.165, 1.54) is 19.4 Å². The van der Waals surface area contributed by atoms with E-state index in [1.54, 1.807) is 18.5 Å². The number of piperidine rings is 1. The second-order valence-corrected chi connectivity index (χ2v) is 15.0. The largest absolute Gasteiger partial charge is 0.378 e. The summed E-state index contributed by atoms with van der Waals surface area (Å²) < 4.78 is 43.8. The molecule has 3 aromatic rings. The molecule has 14 heteroatoms. The Labute approximate surface area is 269 Å². The zero-order valence-corrected chi connectivity index (χ0v) is 27.5. The molecule has 46 heavy (non-hydrogen) atoms. The Balaban J connectivity index is 1.36. The Kier molecular flexibility index (Phi) is 8.61. The van der Waals surface area contributed by atoms with Crippen LogP contribution in [0.5, 0.6) is 0 Å². The average molecular weight is 653 g/mol. The molecular weight excluding hydrogens is 611 g/mol. The van der Waals surface area contributed by atoms with Crippen LogP contribution in [0.25, 0.3) is 10.8 Å². The van der Waals surface area contributed by atoms with Crippen LogP contribution in [0.4, 0.5) is 27.8 Å². The van der Waals surface area contributed by atoms with Gasteiger partial charge in [0.2, 0.25) is 11.9 Å². The maximum Gasteiger partial charge on any atom is 0.246 e. The first-order chi connectivity index (χ1) is 21.9. The topological polar surface area (TPSA) is 134 Å². The van der Waals surface area contributed by atoms with Gasteiger partial charge in [-0.05, 0) is 56.7 Å². The van der Waals surface area contributed by atoms with Crippen molar-refractivity contribution in [3.63, 3.8) is 0 Å². The van der Waals surface area contributed by atoms with Crippen molar-refractivity contribution in [1.29, 1.82) is 0 Å². The number of fused-ring (bicyclic) bond motifs is 1. The lowest BCUT2D eigenvalue weighted by atomic mass is 9.86. The van der Waals surface area contributed by atoms with Gasteiger partial charge in [-0.25, -0.2) is 27.8 Å². The number of nitrogens with zero attached hydrogens (tertiary/aromatic N) is 7. The summed E-state index contributed by atoms with van der Waals surface area (Å²) in [5.41, 5.74) is 0.274. The van der Waals surface area contributed by atoms with Crippen molar-refractivity contribution in [1.82, 2.24) is 24.8 Å². The number of methoxy groups -OCH3 is 1. The molecule has 3 aliphatic rings. The van der Waals surface area contributed by atoms with Crippen molar-refractivity contribution in [3.05, 3.63) is 48.9 Å². The van der Waals surface area contributed by atoms with Gasteiger partial charge in [0, 0.05) is 74.5 Å². The van der Waals surface area contributed by atoms with Gasteiger partial charge in [0.1, 0.15) is 33.5 Å². The first kappa shape index (κ1) is 32.0. The highest BCUT2D eigenvalue weighted by atomic mass is 32.2. The molecule has 0 aromatic carbocycles. The molecule has 1 unspecified atom stereocenters. The number of aromatic nitrogens is 4. The Hall–Kier alpha value is -3.91. The van der Waals surface area contributed by atoms with Gasteiger partial charge in [0.25, 0.3) is 0 Å². The minimum absolute atomic E-state index is 0.00778. The van der Waals surface area contributed by atoms with Gasteiger partial charge in [-0.2, -0.15) is 4.98 Å². The standard InChI is InChI=1S/C32H41FN8O4S/c1-6-29(42)41-12-7-10-32(41,3)24-16-36-30(40-17-21(20(40)2)19-46(5,43)44)23-15-35-28(14-22(23)24)37-27-8-11-34-31(38-27)39-13-9-26(45-4)25(33)18-39/h6,8,11,14-16,20-21,25-26H,1,7,9-10,12-13,17-19H2,2-5H3,(H,34,35,37,38)/t20-,21-,25+,26-,32?/m1/s1. The van der Waals surface area contributed by atoms with E-state index in [1.807, 2.05) is 29.0 Å². The number of hydrogen-bond donors (Lipinski definition) is 1. The summed E-state index contributed by atoms with van der Waals surface area (Å²) >= 11 is 0. The first-order valence-electron chi connectivity index (χ1n) is 15.6. The average Bonchev–Trinajstić information content (AvgIpc) is 3.43. The van der Waals surface area contributed by atoms with Crippen LogP contribution in [0, 0.1) is 5.92 Å². The van der Waals surface area contributed by atoms with E-state index in [4.69, 9.17) is 14.7 Å². The third kappa shape index (κ3) is 5.99. The van der Waals surface area contributed by atoms with Crippen LogP contribution in [0.15, 0.2) is 43.4 Å². The summed E-state index contributed by atoms with van der Waals surface area (Å²) in [4.78, 5) is 37.4. The number of anilines is 4. The van der Waals surface area contributed by atoms with Crippen molar-refractivity contribution in [3.8, 4) is 0 Å². The van der Waals surface area contributed by atoms with Crippen LogP contribution in [0.2, 0.25) is 0 Å². The van der Waals surface area contributed by atoms with Gasteiger partial charge < -0.3 is 24.8 Å². The third-order valence-corrected chi connectivity index (χ3v) is 10.8. The zero-order chi connectivity index (χ0) is 32.8. The molecule has 3 fully saturated rings. The summed E-state index contributed by atoms with van der Waals surface area (Å²) in [6.07, 6.45) is 8.43. The Bertz CT molecular complexity index is 1760. The lowest BCUT2D eigenvalue weighted by Gasteiger charge is -2.47. The van der Waals surface area contributed by atoms with Gasteiger partial charge in [0.05, 0.1) is 23.9 Å². The molecular formula is C32H41FN8O4S. The Morgan fingerprint density at radius 3 is 2.70 bits per heavy atom. The van der Waals surface area contributed by atoms with E-state index in [0.717, 1.165) is 35.0 Å². The summed E-state index contributed by atoms with van der Waals surface area (Å²) in [5.74, 6) is 2.18. The number of alkyl halides is 1. The molecule has 246 valence electrons. The fourth-order valence-electron chi connectivity index (χ4n) is 7.13. The molecule has 3 aromatic heterocycles. The molecule has 0 bridgehead atoms. The summed E-state index contributed by atoms with van der Waals surface area (Å²) in [7, 11) is -1.59. The lowest BCUT2D eigenvalue weighted by Crippen LogP contribution is -2.57. The Morgan fingerprint density at radius 2 is 2.00 bits per heavy atom. The smallest absolute Gasteiger partial charge is 0.246 e. The van der Waals surface area contributed by atoms with Gasteiger partial charge >= 0.3 is 0 Å². The fraction of sp³-hybridized carbons (Fsp3) is 0.531. The van der Waals surface area contributed by atoms with Crippen LogP contribution >= 0.6 is 0 Å². The number of pyridine rings is 2. The molecule has 1 N–H and O–H groups in total. The molecule has 6 rings (SSSR count). The number of sulfone groups is 1. The molecule has 0 aliphatic carbocycles. The molecule has 0 saturated carbocycles. The van der Waals surface area contributed by atoms with Gasteiger partial charge in [-0.1, -0.05) is 6.58 Å². The van der Waals surface area contributed by atoms with Crippen LogP contribution in [-0.4, -0.2) is 103 Å². The van der Waals surface area contributed by atoms with Crippen LogP contribution in [0.3, 0.4) is 0 Å². The summed E-state index contributed by atoms with van der Waals surface area (Å²) in [6.45, 7) is 9.70. The monoisotopic (exact) mass is 652 g/mol. The highest BCUT2D eigenvalue weighted by Crippen LogP contribution is 2.44. The maximum atomic E-state index is 14.6. The molecule has 12 nitrogen and oxygen atoms in total. The number of halogens is 1. The third-order valence-electron chi connectivity index (χ3n) is 9.77. The number of rotatable bonds is 9. The number of carbonyl (C=O) groups excluding carboxylic acids is 1. The summed E-state index contributed by atoms with van der Waals surface area (Å²) in [6, 6.07) is 3.65. The normalized spacial score (nSPS) is 26.7. The van der Waals surface area contributed by atoms with Crippen LogP contribution < -0.4 is 15.1 Å². The van der Waals surface area contributed by atoms with E-state index in [9.17, 15) is 17.6 Å². The van der Waals surface area contributed by atoms with E-state index in [-0.39, 0.29) is 30.2 Å². The zero-order valence-electron chi connectivity index (χ0n) is 26.7. The second kappa shape index (κ2) is 12.4. The number of carbonyl (C=O) groups is 1. The van der Waals surface area contributed by atoms with Gasteiger partial charge in [-0.3, -0.25) is 4.79 Å². The summed E-state index contributed by atoms with van der Waals surface area (Å²) in [5, 5.41) is 4.98. The van der Waals surface area contributed by atoms with E-state index in [2.05, 4.69) is 33.7 Å². The number of hydrogen-bond acceptors (Lipinski definition) is 11. The molecule has 0 radical (unpaired) electrons. The minimum atomic E-state index is -3.11. The molecule has 5 atom stereocenters. The van der Waals surface area contributed by atoms with Gasteiger partial charge in [0.15, 0.2) is 0 Å². The second-order valence-electron chi connectivity index (χ2n) is 12.8. The molecule has 0 spiro atoms. The first-order valence-corrected chi connectivity index (χ1v) is 17.7. The Morgan fingerprint density at radius 1 is 1.20 bits per heavy atom. The van der Waals surface area contributed by atoms with Crippen LogP contribution in [-0.2, 0) is 24.9 Å². The number of ether oxygens (including phenoxy) is 1. The van der Waals surface area contributed by atoms with E-state index >= 15 is 0 Å². The minimum Gasteiger partial charge on any atom is -0.378 e. The number of amides is 1. The number of nitrogens with one attached hydrogen (secondary N) is 1. The SMILES string of the molecule is C=CC(=O)N1CCCC1(C)c1cnc(N2C[C@H](CS(C)(=O)=O)[C@H]2C)c2cnc(Nc3ccnc(N4CC[C@@H](OC)[C@@H](F)C4)n3)cc12. The van der Waals surface area contributed by atoms with Gasteiger partial charge in [-0.15, -0.1) is 0 Å². The molecule has 3 saturated heterocycles. The predicted octanol–water partition coefficient (Wildman–Crippen LogP) is 3.62. The van der Waals surface area contributed by atoms with Crippen molar-refractivity contribution in [2.45, 2.75) is 57.0 Å². The molecule has 6 heterocycles. The molecule has 1 amide bonds. The van der Waals surface area contributed by atoms with Crippen molar-refractivity contribution in [2.24, 2.45) is 5.92 Å². The fourth-order valence-corrected chi connectivity index (χ4v) is 8.30. The van der Waals surface area contributed by atoms with E-state index < -0.39 is 27.7 Å². The van der Waals surface area contributed by atoms with Crippen molar-refractivity contribution < 1.29 is 22.3 Å².